The lowest BCUT2D eigenvalue weighted by molar-refractivity contribution is 0.0933. The van der Waals surface area contributed by atoms with Gasteiger partial charge in [0.1, 0.15) is 11.8 Å². The second kappa shape index (κ2) is 5.44. The van der Waals surface area contributed by atoms with Gasteiger partial charge in [0.15, 0.2) is 0 Å². The Labute approximate surface area is 119 Å². The molecule has 0 aliphatic heterocycles. The van der Waals surface area contributed by atoms with Crippen molar-refractivity contribution < 1.29 is 9.21 Å². The summed E-state index contributed by atoms with van der Waals surface area (Å²) in [5.41, 5.74) is 6.75. The summed E-state index contributed by atoms with van der Waals surface area (Å²) in [5.74, 6) is 0.953. The van der Waals surface area contributed by atoms with Gasteiger partial charge in [0.25, 0.3) is 5.91 Å². The van der Waals surface area contributed by atoms with Crippen LogP contribution in [-0.2, 0) is 0 Å². The van der Waals surface area contributed by atoms with Gasteiger partial charge in [-0.15, -0.1) is 0 Å². The van der Waals surface area contributed by atoms with Crippen LogP contribution in [0.25, 0.3) is 0 Å². The average molecular weight is 324 g/mol. The number of benzene rings is 1. The van der Waals surface area contributed by atoms with Crippen molar-refractivity contribution in [2.45, 2.75) is 19.9 Å². The summed E-state index contributed by atoms with van der Waals surface area (Å²) in [4.78, 5) is 16.2. The van der Waals surface area contributed by atoms with Crippen LogP contribution in [0.5, 0.6) is 0 Å². The van der Waals surface area contributed by atoms with E-state index in [1.54, 1.807) is 31.3 Å². The fraction of sp³-hybridized carbons (Fsp3) is 0.231. The number of rotatable bonds is 3. The van der Waals surface area contributed by atoms with Crippen LogP contribution < -0.4 is 11.1 Å². The molecule has 5 nitrogen and oxygen atoms in total. The summed E-state index contributed by atoms with van der Waals surface area (Å²) in [7, 11) is 0. The van der Waals surface area contributed by atoms with Gasteiger partial charge < -0.3 is 15.5 Å². The van der Waals surface area contributed by atoms with E-state index in [2.05, 4.69) is 26.2 Å². The molecule has 0 saturated heterocycles. The molecule has 0 aliphatic carbocycles. The summed E-state index contributed by atoms with van der Waals surface area (Å²) in [6.07, 6.45) is 1.62. The lowest BCUT2D eigenvalue weighted by Gasteiger charge is -2.12. The van der Waals surface area contributed by atoms with Crippen molar-refractivity contribution in [1.29, 1.82) is 0 Å². The van der Waals surface area contributed by atoms with Crippen LogP contribution in [0.1, 0.15) is 35.0 Å². The molecule has 0 aliphatic rings. The molecule has 1 unspecified atom stereocenters. The van der Waals surface area contributed by atoms with Gasteiger partial charge in [-0.3, -0.25) is 4.79 Å². The molecule has 0 radical (unpaired) electrons. The van der Waals surface area contributed by atoms with E-state index in [9.17, 15) is 4.79 Å². The molecule has 0 fully saturated rings. The third kappa shape index (κ3) is 2.96. The number of anilines is 1. The molecule has 0 bridgehead atoms. The van der Waals surface area contributed by atoms with Gasteiger partial charge in [-0.1, -0.05) is 6.07 Å². The molecule has 1 heterocycles. The third-order valence-corrected chi connectivity index (χ3v) is 3.52. The second-order valence-corrected chi connectivity index (χ2v) is 5.01. The summed E-state index contributed by atoms with van der Waals surface area (Å²) in [6, 6.07) is 4.84. The molecule has 1 atom stereocenters. The number of nitrogens with two attached hydrogens (primary N) is 1. The molecule has 6 heteroatoms. The molecule has 1 aromatic carbocycles. The largest absolute Gasteiger partial charge is 0.444 e. The Morgan fingerprint density at radius 1 is 1.53 bits per heavy atom. The molecule has 2 aromatic rings. The summed E-state index contributed by atoms with van der Waals surface area (Å²) in [6.45, 7) is 3.61. The zero-order chi connectivity index (χ0) is 14.0. The highest BCUT2D eigenvalue weighted by molar-refractivity contribution is 9.10. The number of nitrogens with one attached hydrogen (secondary N) is 1. The van der Waals surface area contributed by atoms with Gasteiger partial charge in [0.2, 0.25) is 5.89 Å². The van der Waals surface area contributed by atoms with Gasteiger partial charge >= 0.3 is 0 Å². The molecular weight excluding hydrogens is 310 g/mol. The van der Waals surface area contributed by atoms with Crippen molar-refractivity contribution in [3.63, 3.8) is 0 Å². The van der Waals surface area contributed by atoms with Gasteiger partial charge in [0, 0.05) is 5.69 Å². The SMILES string of the molecule is Cc1cnc(C(C)NC(=O)c2cccc(N)c2Br)o1. The van der Waals surface area contributed by atoms with Crippen LogP contribution in [0.15, 0.2) is 33.3 Å². The minimum atomic E-state index is -0.311. The Morgan fingerprint density at radius 2 is 2.26 bits per heavy atom. The number of halogens is 1. The summed E-state index contributed by atoms with van der Waals surface area (Å²) >= 11 is 3.31. The highest BCUT2D eigenvalue weighted by atomic mass is 79.9. The second-order valence-electron chi connectivity index (χ2n) is 4.21. The first-order valence-corrected chi connectivity index (χ1v) is 6.55. The first kappa shape index (κ1) is 13.6. The van der Waals surface area contributed by atoms with Crippen LogP contribution in [0, 0.1) is 6.92 Å². The molecule has 0 spiro atoms. The minimum Gasteiger partial charge on any atom is -0.444 e. The smallest absolute Gasteiger partial charge is 0.253 e. The Hall–Kier alpha value is -1.82. The van der Waals surface area contributed by atoms with E-state index >= 15 is 0 Å². The van der Waals surface area contributed by atoms with Crippen LogP contribution in [0.2, 0.25) is 0 Å². The van der Waals surface area contributed by atoms with Crippen LogP contribution in [0.3, 0.4) is 0 Å². The van der Waals surface area contributed by atoms with E-state index in [1.807, 2.05) is 6.92 Å². The van der Waals surface area contributed by atoms with Crippen LogP contribution in [0.4, 0.5) is 5.69 Å². The molecule has 1 aromatic heterocycles. The van der Waals surface area contributed by atoms with E-state index in [4.69, 9.17) is 10.2 Å². The highest BCUT2D eigenvalue weighted by Gasteiger charge is 2.17. The van der Waals surface area contributed by atoms with Crippen LogP contribution in [-0.4, -0.2) is 10.9 Å². The van der Waals surface area contributed by atoms with Crippen molar-refractivity contribution in [1.82, 2.24) is 10.3 Å². The number of oxazole rings is 1. The monoisotopic (exact) mass is 323 g/mol. The number of hydrogen-bond donors (Lipinski definition) is 2. The molecular formula is C13H14BrN3O2. The van der Waals surface area contributed by atoms with Crippen molar-refractivity contribution in [3.05, 3.63) is 46.1 Å². The fourth-order valence-corrected chi connectivity index (χ4v) is 2.08. The van der Waals surface area contributed by atoms with Gasteiger partial charge in [-0.2, -0.15) is 0 Å². The Morgan fingerprint density at radius 3 is 2.89 bits per heavy atom. The number of aromatic nitrogens is 1. The first-order valence-electron chi connectivity index (χ1n) is 5.76. The van der Waals surface area contributed by atoms with Crippen molar-refractivity contribution in [2.75, 3.05) is 5.73 Å². The number of nitrogen functional groups attached to an aromatic ring is 1. The van der Waals surface area contributed by atoms with Gasteiger partial charge in [0.05, 0.1) is 16.2 Å². The molecule has 1 amide bonds. The quantitative estimate of drug-likeness (QED) is 0.851. The molecule has 3 N–H and O–H groups in total. The number of amides is 1. The normalized spacial score (nSPS) is 12.2. The Kier molecular flexibility index (Phi) is 3.90. The van der Waals surface area contributed by atoms with E-state index in [-0.39, 0.29) is 11.9 Å². The minimum absolute atomic E-state index is 0.234. The third-order valence-electron chi connectivity index (χ3n) is 2.63. The maximum atomic E-state index is 12.1. The summed E-state index contributed by atoms with van der Waals surface area (Å²) in [5, 5.41) is 2.81. The van der Waals surface area contributed by atoms with Crippen LogP contribution >= 0.6 is 15.9 Å². The van der Waals surface area contributed by atoms with Crippen molar-refractivity contribution in [3.8, 4) is 0 Å². The average Bonchev–Trinajstić information content (AvgIpc) is 2.79. The predicted octanol–water partition coefficient (Wildman–Crippen LogP) is 2.82. The van der Waals surface area contributed by atoms with E-state index in [0.717, 1.165) is 0 Å². The Balaban J connectivity index is 2.15. The predicted molar refractivity (Wildman–Crippen MR) is 75.7 cm³/mol. The molecule has 2 rings (SSSR count). The zero-order valence-corrected chi connectivity index (χ0v) is 12.2. The van der Waals surface area contributed by atoms with Crippen molar-refractivity contribution in [2.24, 2.45) is 0 Å². The number of aryl methyl sites for hydroxylation is 1. The maximum absolute atomic E-state index is 12.1. The zero-order valence-electron chi connectivity index (χ0n) is 10.6. The highest BCUT2D eigenvalue weighted by Crippen LogP contribution is 2.24. The standard InChI is InChI=1S/C13H14BrN3O2/c1-7-6-16-13(19-7)8(2)17-12(18)9-4-3-5-10(15)11(9)14/h3-6,8H,15H2,1-2H3,(H,17,18). The number of nitrogens with zero attached hydrogens (tertiary/aromatic N) is 1. The number of carbonyl (C=O) groups is 1. The summed E-state index contributed by atoms with van der Waals surface area (Å²) < 4.78 is 5.96. The number of carbonyl (C=O) groups excluding carboxylic acids is 1. The topological polar surface area (TPSA) is 81.2 Å². The van der Waals surface area contributed by atoms with E-state index in [0.29, 0.717) is 27.4 Å². The fourth-order valence-electron chi connectivity index (χ4n) is 1.63. The van der Waals surface area contributed by atoms with Gasteiger partial charge in [-0.25, -0.2) is 4.98 Å². The van der Waals surface area contributed by atoms with Crippen molar-refractivity contribution >= 4 is 27.5 Å². The number of hydrogen-bond acceptors (Lipinski definition) is 4. The first-order chi connectivity index (χ1) is 8.99. The molecule has 19 heavy (non-hydrogen) atoms. The molecule has 0 saturated carbocycles. The van der Waals surface area contributed by atoms with Gasteiger partial charge in [-0.05, 0) is 41.9 Å². The molecule has 100 valence electrons. The Bertz CT molecular complexity index is 610. The maximum Gasteiger partial charge on any atom is 0.253 e. The van der Waals surface area contributed by atoms with E-state index in [1.165, 1.54) is 0 Å². The lowest BCUT2D eigenvalue weighted by atomic mass is 10.2. The lowest BCUT2D eigenvalue weighted by Crippen LogP contribution is -2.27. The van der Waals surface area contributed by atoms with E-state index < -0.39 is 0 Å².